The molecule has 1 aliphatic heterocycles. The summed E-state index contributed by atoms with van der Waals surface area (Å²) in [5.74, 6) is 0. The Bertz CT molecular complexity index is 597. The van der Waals surface area contributed by atoms with Crippen molar-refractivity contribution >= 4 is 10.0 Å². The Morgan fingerprint density at radius 3 is 2.75 bits per heavy atom. The summed E-state index contributed by atoms with van der Waals surface area (Å²) in [5, 5.41) is 9.42. The van der Waals surface area contributed by atoms with Crippen LogP contribution in [0.3, 0.4) is 0 Å². The van der Waals surface area contributed by atoms with E-state index in [1.165, 1.54) is 15.4 Å². The fourth-order valence-electron chi connectivity index (χ4n) is 3.32. The number of rotatable bonds is 3. The average molecular weight is 295 g/mol. The molecular weight excluding hydrogens is 274 g/mol. The third-order valence-electron chi connectivity index (χ3n) is 4.46. The van der Waals surface area contributed by atoms with Gasteiger partial charge in [0.1, 0.15) is 0 Å². The lowest BCUT2D eigenvalue weighted by Crippen LogP contribution is -2.45. The van der Waals surface area contributed by atoms with E-state index < -0.39 is 10.0 Å². The monoisotopic (exact) mass is 295 g/mol. The number of aryl methyl sites for hydroxylation is 2. The summed E-state index contributed by atoms with van der Waals surface area (Å²) in [6, 6.07) is 5.25. The van der Waals surface area contributed by atoms with Crippen LogP contribution in [0.25, 0.3) is 0 Å². The number of aliphatic hydroxyl groups is 1. The maximum atomic E-state index is 12.8. The van der Waals surface area contributed by atoms with Crippen molar-refractivity contribution in [1.29, 1.82) is 0 Å². The van der Waals surface area contributed by atoms with E-state index in [1.807, 2.05) is 12.1 Å². The first-order chi connectivity index (χ1) is 9.63. The fraction of sp³-hybridized carbons (Fsp3) is 0.600. The third kappa shape index (κ3) is 2.38. The van der Waals surface area contributed by atoms with E-state index in [1.54, 1.807) is 6.07 Å². The number of benzene rings is 1. The largest absolute Gasteiger partial charge is 0.395 e. The van der Waals surface area contributed by atoms with E-state index in [-0.39, 0.29) is 12.6 Å². The van der Waals surface area contributed by atoms with E-state index in [9.17, 15) is 13.5 Å². The van der Waals surface area contributed by atoms with Gasteiger partial charge in [-0.1, -0.05) is 12.5 Å². The molecule has 5 heteroatoms. The lowest BCUT2D eigenvalue weighted by atomic mass is 10.1. The molecule has 1 aromatic rings. The number of sulfonamides is 1. The van der Waals surface area contributed by atoms with Crippen LogP contribution in [0.15, 0.2) is 23.1 Å². The lowest BCUT2D eigenvalue weighted by Gasteiger charge is -2.33. The maximum absolute atomic E-state index is 12.8. The molecule has 1 N–H and O–H groups in total. The van der Waals surface area contributed by atoms with Crippen LogP contribution in [0, 0.1) is 0 Å². The van der Waals surface area contributed by atoms with Crippen LogP contribution in [-0.4, -0.2) is 37.0 Å². The van der Waals surface area contributed by atoms with E-state index in [2.05, 4.69) is 0 Å². The molecule has 3 rings (SSSR count). The second kappa shape index (κ2) is 5.47. The van der Waals surface area contributed by atoms with Crippen LogP contribution in [0.1, 0.15) is 36.8 Å². The molecule has 1 saturated heterocycles. The van der Waals surface area contributed by atoms with Gasteiger partial charge in [0.05, 0.1) is 11.5 Å². The van der Waals surface area contributed by atoms with Gasteiger partial charge < -0.3 is 5.11 Å². The van der Waals surface area contributed by atoms with Crippen LogP contribution in [0.2, 0.25) is 0 Å². The van der Waals surface area contributed by atoms with Gasteiger partial charge in [-0.2, -0.15) is 4.31 Å². The Kier molecular flexibility index (Phi) is 3.84. The van der Waals surface area contributed by atoms with Crippen LogP contribution < -0.4 is 0 Å². The molecule has 1 aromatic carbocycles. The Morgan fingerprint density at radius 2 is 1.95 bits per heavy atom. The molecule has 110 valence electrons. The molecule has 20 heavy (non-hydrogen) atoms. The van der Waals surface area contributed by atoms with Crippen LogP contribution >= 0.6 is 0 Å². The number of nitrogens with zero attached hydrogens (tertiary/aromatic N) is 1. The molecule has 1 aliphatic carbocycles. The summed E-state index contributed by atoms with van der Waals surface area (Å²) in [6.45, 7) is 0.425. The number of fused-ring (bicyclic) bond motifs is 1. The minimum Gasteiger partial charge on any atom is -0.395 e. The van der Waals surface area contributed by atoms with Crippen molar-refractivity contribution in [2.45, 2.75) is 49.5 Å². The Morgan fingerprint density at radius 1 is 1.15 bits per heavy atom. The van der Waals surface area contributed by atoms with Gasteiger partial charge >= 0.3 is 0 Å². The van der Waals surface area contributed by atoms with Gasteiger partial charge in [0, 0.05) is 12.6 Å². The Balaban J connectivity index is 1.94. The van der Waals surface area contributed by atoms with Crippen molar-refractivity contribution < 1.29 is 13.5 Å². The zero-order chi connectivity index (χ0) is 14.2. The quantitative estimate of drug-likeness (QED) is 0.923. The van der Waals surface area contributed by atoms with Gasteiger partial charge in [-0.25, -0.2) is 8.42 Å². The highest BCUT2D eigenvalue weighted by atomic mass is 32.2. The maximum Gasteiger partial charge on any atom is 0.243 e. The summed E-state index contributed by atoms with van der Waals surface area (Å²) < 4.78 is 27.0. The molecule has 1 atom stereocenters. The van der Waals surface area contributed by atoms with Gasteiger partial charge in [0.2, 0.25) is 10.0 Å². The summed E-state index contributed by atoms with van der Waals surface area (Å²) in [5.41, 5.74) is 2.45. The van der Waals surface area contributed by atoms with Crippen LogP contribution in [0.4, 0.5) is 0 Å². The van der Waals surface area contributed by atoms with Crippen molar-refractivity contribution in [2.24, 2.45) is 0 Å². The van der Waals surface area contributed by atoms with Crippen molar-refractivity contribution in [1.82, 2.24) is 4.31 Å². The average Bonchev–Trinajstić information content (AvgIpc) is 2.94. The predicted molar refractivity (Wildman–Crippen MR) is 77.1 cm³/mol. The molecule has 1 unspecified atom stereocenters. The van der Waals surface area contributed by atoms with Crippen molar-refractivity contribution in [3.05, 3.63) is 29.3 Å². The molecule has 0 bridgehead atoms. The minimum absolute atomic E-state index is 0.0931. The Labute approximate surface area is 120 Å². The van der Waals surface area contributed by atoms with Gasteiger partial charge in [0.15, 0.2) is 0 Å². The second-order valence-corrected chi connectivity index (χ2v) is 7.62. The van der Waals surface area contributed by atoms with Crippen molar-refractivity contribution in [2.75, 3.05) is 13.2 Å². The summed E-state index contributed by atoms with van der Waals surface area (Å²) >= 11 is 0. The highest BCUT2D eigenvalue weighted by Crippen LogP contribution is 2.29. The fourth-order valence-corrected chi connectivity index (χ4v) is 5.05. The number of hydrogen-bond acceptors (Lipinski definition) is 3. The lowest BCUT2D eigenvalue weighted by molar-refractivity contribution is 0.155. The highest BCUT2D eigenvalue weighted by molar-refractivity contribution is 7.89. The molecule has 0 amide bonds. The minimum atomic E-state index is -3.47. The molecule has 0 aromatic heterocycles. The normalized spacial score (nSPS) is 23.8. The first-order valence-electron chi connectivity index (χ1n) is 7.37. The third-order valence-corrected chi connectivity index (χ3v) is 6.41. The second-order valence-electron chi connectivity index (χ2n) is 5.73. The summed E-state index contributed by atoms with van der Waals surface area (Å²) in [4.78, 5) is 0.387. The zero-order valence-corrected chi connectivity index (χ0v) is 12.4. The number of hydrogen-bond donors (Lipinski definition) is 1. The first kappa shape index (κ1) is 14.0. The smallest absolute Gasteiger partial charge is 0.243 e. The van der Waals surface area contributed by atoms with E-state index in [0.717, 1.165) is 38.5 Å². The predicted octanol–water partition coefficient (Wildman–Crippen LogP) is 1.71. The van der Waals surface area contributed by atoms with Crippen molar-refractivity contribution in [3.8, 4) is 0 Å². The van der Waals surface area contributed by atoms with Crippen LogP contribution in [-0.2, 0) is 22.9 Å². The standard InChI is InChI=1S/C15H21NO3S/c17-11-14-6-1-2-9-16(14)20(18,19)15-8-7-12-4-3-5-13(12)10-15/h7-8,10,14,17H,1-6,9,11H2. The van der Waals surface area contributed by atoms with Gasteiger partial charge in [-0.05, 0) is 55.4 Å². The molecular formula is C15H21NO3S. The van der Waals surface area contributed by atoms with E-state index in [0.29, 0.717) is 11.4 Å². The molecule has 2 aliphatic rings. The van der Waals surface area contributed by atoms with Gasteiger partial charge in [-0.3, -0.25) is 0 Å². The molecule has 0 radical (unpaired) electrons. The molecule has 0 saturated carbocycles. The molecule has 1 heterocycles. The zero-order valence-electron chi connectivity index (χ0n) is 11.6. The topological polar surface area (TPSA) is 57.6 Å². The number of piperidine rings is 1. The molecule has 4 nitrogen and oxygen atoms in total. The SMILES string of the molecule is O=S(=O)(c1ccc2c(c1)CCC2)N1CCCCC1CO. The molecule has 1 fully saturated rings. The molecule has 0 spiro atoms. The van der Waals surface area contributed by atoms with Crippen LogP contribution in [0.5, 0.6) is 0 Å². The first-order valence-corrected chi connectivity index (χ1v) is 8.81. The number of aliphatic hydroxyl groups excluding tert-OH is 1. The van der Waals surface area contributed by atoms with Gasteiger partial charge in [-0.15, -0.1) is 0 Å². The van der Waals surface area contributed by atoms with Crippen molar-refractivity contribution in [3.63, 3.8) is 0 Å². The van der Waals surface area contributed by atoms with E-state index >= 15 is 0 Å². The highest BCUT2D eigenvalue weighted by Gasteiger charge is 2.33. The summed E-state index contributed by atoms with van der Waals surface area (Å²) in [7, 11) is -3.47. The van der Waals surface area contributed by atoms with E-state index in [4.69, 9.17) is 0 Å². The summed E-state index contributed by atoms with van der Waals surface area (Å²) in [6.07, 6.45) is 5.76. The van der Waals surface area contributed by atoms with Gasteiger partial charge in [0.25, 0.3) is 0 Å². The Hall–Kier alpha value is -0.910.